The van der Waals surface area contributed by atoms with Crippen LogP contribution in [0.1, 0.15) is 35.4 Å². The van der Waals surface area contributed by atoms with Crippen LogP contribution in [0.25, 0.3) is 0 Å². The highest BCUT2D eigenvalue weighted by Gasteiger charge is 2.28. The number of aromatic nitrogens is 4. The molecule has 1 aromatic carbocycles. The average Bonchev–Trinajstić information content (AvgIpc) is 3.15. The lowest BCUT2D eigenvalue weighted by Crippen LogP contribution is -2.30. The van der Waals surface area contributed by atoms with E-state index in [2.05, 4.69) is 20.8 Å². The zero-order chi connectivity index (χ0) is 17.1. The first-order valence-corrected chi connectivity index (χ1v) is 9.96. The zero-order valence-electron chi connectivity index (χ0n) is 13.4. The average molecular weight is 371 g/mol. The van der Waals surface area contributed by atoms with E-state index in [4.69, 9.17) is 0 Å². The molecule has 1 fully saturated rings. The van der Waals surface area contributed by atoms with Gasteiger partial charge in [-0.05, 0) is 40.3 Å². The topological polar surface area (TPSA) is 72.7 Å². The van der Waals surface area contributed by atoms with E-state index >= 15 is 0 Å². The van der Waals surface area contributed by atoms with Crippen molar-refractivity contribution in [1.82, 2.24) is 25.5 Å². The van der Waals surface area contributed by atoms with Gasteiger partial charge in [0.2, 0.25) is 11.1 Å². The van der Waals surface area contributed by atoms with E-state index in [0.29, 0.717) is 17.0 Å². The molecule has 2 heterocycles. The van der Waals surface area contributed by atoms with Crippen molar-refractivity contribution >= 4 is 29.0 Å². The van der Waals surface area contributed by atoms with Crippen LogP contribution in [0.4, 0.5) is 0 Å². The van der Waals surface area contributed by atoms with E-state index in [-0.39, 0.29) is 11.9 Å². The Kier molecular flexibility index (Phi) is 4.80. The van der Waals surface area contributed by atoms with Gasteiger partial charge in [-0.25, -0.2) is 4.68 Å². The Balaban J connectivity index is 1.43. The summed E-state index contributed by atoms with van der Waals surface area (Å²) in [5.41, 5.74) is 1.08. The Hall–Kier alpha value is -2.19. The lowest BCUT2D eigenvalue weighted by molar-refractivity contribution is -0.119. The smallest absolute Gasteiger partial charge is 0.231 e. The molecular formula is C17H17N5OS2. The molecule has 0 unspecified atom stereocenters. The Morgan fingerprint density at radius 3 is 2.84 bits per heavy atom. The molecule has 25 heavy (non-hydrogen) atoms. The summed E-state index contributed by atoms with van der Waals surface area (Å²) in [5.74, 6) is 0.263. The minimum Gasteiger partial charge on any atom is -0.344 e. The third kappa shape index (κ3) is 3.91. The van der Waals surface area contributed by atoms with Crippen molar-refractivity contribution in [3.8, 4) is 0 Å². The molecule has 8 heteroatoms. The van der Waals surface area contributed by atoms with Crippen molar-refractivity contribution in [3.05, 3.63) is 58.3 Å². The highest BCUT2D eigenvalue weighted by molar-refractivity contribution is 7.99. The number of thioether (sulfide) groups is 1. The van der Waals surface area contributed by atoms with Crippen molar-refractivity contribution in [3.63, 3.8) is 0 Å². The van der Waals surface area contributed by atoms with Gasteiger partial charge < -0.3 is 5.32 Å². The van der Waals surface area contributed by atoms with Gasteiger partial charge in [0, 0.05) is 4.88 Å². The van der Waals surface area contributed by atoms with E-state index in [9.17, 15) is 4.79 Å². The molecule has 0 saturated heterocycles. The number of nitrogens with zero attached hydrogens (tertiary/aromatic N) is 4. The van der Waals surface area contributed by atoms with Gasteiger partial charge in [0.25, 0.3) is 0 Å². The molecule has 1 aliphatic rings. The van der Waals surface area contributed by atoms with Gasteiger partial charge in [-0.1, -0.05) is 48.2 Å². The maximum absolute atomic E-state index is 12.5. The number of thiophene rings is 1. The molecule has 1 saturated carbocycles. The molecule has 1 amide bonds. The fraction of sp³-hybridized carbons (Fsp3) is 0.294. The lowest BCUT2D eigenvalue weighted by Gasteiger charge is -2.18. The summed E-state index contributed by atoms with van der Waals surface area (Å²) in [6.07, 6.45) is 2.22. The summed E-state index contributed by atoms with van der Waals surface area (Å²) in [6, 6.07) is 14.3. The quantitative estimate of drug-likeness (QED) is 0.646. The van der Waals surface area contributed by atoms with E-state index in [1.165, 1.54) is 11.8 Å². The Morgan fingerprint density at radius 2 is 2.12 bits per heavy atom. The number of hydrogen-bond donors (Lipinski definition) is 1. The number of amides is 1. The molecule has 3 aromatic rings. The SMILES string of the molecule is O=C(CSc1nnnn1C1CC1)N[C@@H](c1ccccc1)c1cccs1. The van der Waals surface area contributed by atoms with Gasteiger partial charge in [-0.3, -0.25) is 4.79 Å². The largest absolute Gasteiger partial charge is 0.344 e. The van der Waals surface area contributed by atoms with E-state index in [1.54, 1.807) is 11.3 Å². The van der Waals surface area contributed by atoms with E-state index < -0.39 is 0 Å². The predicted molar refractivity (Wildman–Crippen MR) is 97.6 cm³/mol. The molecule has 1 aliphatic carbocycles. The molecule has 0 radical (unpaired) electrons. The van der Waals surface area contributed by atoms with Crippen molar-refractivity contribution in [2.45, 2.75) is 30.1 Å². The van der Waals surface area contributed by atoms with Gasteiger partial charge in [-0.15, -0.1) is 16.4 Å². The van der Waals surface area contributed by atoms with Gasteiger partial charge >= 0.3 is 0 Å². The van der Waals surface area contributed by atoms with Crippen molar-refractivity contribution in [2.75, 3.05) is 5.75 Å². The van der Waals surface area contributed by atoms with Crippen LogP contribution in [0.3, 0.4) is 0 Å². The number of hydrogen-bond acceptors (Lipinski definition) is 6. The summed E-state index contributed by atoms with van der Waals surface area (Å²) >= 11 is 3.02. The third-order valence-electron chi connectivity index (χ3n) is 3.95. The summed E-state index contributed by atoms with van der Waals surface area (Å²) in [5, 5.41) is 17.6. The fourth-order valence-corrected chi connectivity index (χ4v) is 4.14. The summed E-state index contributed by atoms with van der Waals surface area (Å²) in [6.45, 7) is 0. The van der Waals surface area contributed by atoms with Crippen molar-refractivity contribution in [1.29, 1.82) is 0 Å². The zero-order valence-corrected chi connectivity index (χ0v) is 15.0. The number of nitrogens with one attached hydrogen (secondary N) is 1. The fourth-order valence-electron chi connectivity index (χ4n) is 2.58. The first kappa shape index (κ1) is 16.3. The molecule has 0 spiro atoms. The first-order chi connectivity index (χ1) is 12.3. The van der Waals surface area contributed by atoms with Crippen LogP contribution in [0.2, 0.25) is 0 Å². The highest BCUT2D eigenvalue weighted by atomic mass is 32.2. The Morgan fingerprint density at radius 1 is 1.28 bits per heavy atom. The molecule has 1 N–H and O–H groups in total. The van der Waals surface area contributed by atoms with Crippen molar-refractivity contribution in [2.24, 2.45) is 0 Å². The highest BCUT2D eigenvalue weighted by Crippen LogP contribution is 2.36. The number of carbonyl (C=O) groups excluding carboxylic acids is 1. The Bertz CT molecular complexity index is 830. The molecule has 0 bridgehead atoms. The van der Waals surface area contributed by atoms with Crippen LogP contribution < -0.4 is 5.32 Å². The van der Waals surface area contributed by atoms with E-state index in [1.807, 2.05) is 52.5 Å². The number of rotatable bonds is 7. The second kappa shape index (κ2) is 7.37. The van der Waals surface area contributed by atoms with Crippen LogP contribution in [0.15, 0.2) is 53.0 Å². The van der Waals surface area contributed by atoms with Gasteiger partial charge in [-0.2, -0.15) is 0 Å². The predicted octanol–water partition coefficient (Wildman–Crippen LogP) is 3.07. The standard InChI is InChI=1S/C17H17N5OS2/c23-15(11-25-17-19-20-21-22(17)13-8-9-13)18-16(14-7-4-10-24-14)12-5-2-1-3-6-12/h1-7,10,13,16H,8-9,11H2,(H,18,23)/t16-/m0/s1. The van der Waals surface area contributed by atoms with Gasteiger partial charge in [0.15, 0.2) is 0 Å². The summed E-state index contributed by atoms with van der Waals surface area (Å²) in [7, 11) is 0. The van der Waals surface area contributed by atoms with Crippen LogP contribution in [0.5, 0.6) is 0 Å². The molecular weight excluding hydrogens is 354 g/mol. The van der Waals surface area contributed by atoms with Crippen LogP contribution in [-0.4, -0.2) is 31.9 Å². The third-order valence-corrected chi connectivity index (χ3v) is 5.82. The molecule has 0 aliphatic heterocycles. The summed E-state index contributed by atoms with van der Waals surface area (Å²) in [4.78, 5) is 13.6. The maximum atomic E-state index is 12.5. The summed E-state index contributed by atoms with van der Waals surface area (Å²) < 4.78 is 1.83. The number of benzene rings is 1. The second-order valence-electron chi connectivity index (χ2n) is 5.85. The molecule has 6 nitrogen and oxygen atoms in total. The van der Waals surface area contributed by atoms with Crippen molar-refractivity contribution < 1.29 is 4.79 Å². The van der Waals surface area contributed by atoms with Crippen LogP contribution in [0, 0.1) is 0 Å². The van der Waals surface area contributed by atoms with Gasteiger partial charge in [0.05, 0.1) is 17.8 Å². The normalized spacial score (nSPS) is 15.0. The van der Waals surface area contributed by atoms with Crippen LogP contribution >= 0.6 is 23.1 Å². The molecule has 2 aromatic heterocycles. The monoisotopic (exact) mass is 371 g/mol. The van der Waals surface area contributed by atoms with Gasteiger partial charge in [0.1, 0.15) is 0 Å². The molecule has 4 rings (SSSR count). The number of carbonyl (C=O) groups is 1. The number of tetrazole rings is 1. The first-order valence-electron chi connectivity index (χ1n) is 8.09. The lowest BCUT2D eigenvalue weighted by atomic mass is 10.1. The maximum Gasteiger partial charge on any atom is 0.231 e. The Labute approximate surface area is 153 Å². The minimum absolute atomic E-state index is 0.0300. The second-order valence-corrected chi connectivity index (χ2v) is 7.77. The van der Waals surface area contributed by atoms with E-state index in [0.717, 1.165) is 23.3 Å². The molecule has 128 valence electrons. The molecule has 1 atom stereocenters. The minimum atomic E-state index is -0.131. The van der Waals surface area contributed by atoms with Crippen LogP contribution in [-0.2, 0) is 4.79 Å².